The van der Waals surface area contributed by atoms with E-state index in [0.29, 0.717) is 6.29 Å². The number of nitrogens with zero attached hydrogens (tertiary/aromatic N) is 1. The van der Waals surface area contributed by atoms with E-state index in [-0.39, 0.29) is 28.3 Å². The molecular weight excluding hydrogens is 492 g/mol. The molecule has 0 aliphatic carbocycles. The smallest absolute Gasteiger partial charge is 0.305 e. The molecule has 0 bridgehead atoms. The summed E-state index contributed by atoms with van der Waals surface area (Å²) in [5, 5.41) is 10.9. The molecule has 2 amide bonds. The Morgan fingerprint density at radius 2 is 1.76 bits per heavy atom. The summed E-state index contributed by atoms with van der Waals surface area (Å²) in [6.07, 6.45) is 1.62. The molecule has 0 radical (unpaired) electrons. The summed E-state index contributed by atoms with van der Waals surface area (Å²) >= 11 is 0. The first-order valence-corrected chi connectivity index (χ1v) is 12.7. The normalized spacial score (nSPS) is 12.4. The van der Waals surface area contributed by atoms with Gasteiger partial charge in [0.25, 0.3) is 11.8 Å². The van der Waals surface area contributed by atoms with E-state index in [1.165, 1.54) is 30.3 Å². The first-order chi connectivity index (χ1) is 15.8. The summed E-state index contributed by atoms with van der Waals surface area (Å²) in [5.74, 6) is -2.99. The zero-order valence-corrected chi connectivity index (χ0v) is 19.2. The van der Waals surface area contributed by atoms with Gasteiger partial charge in [-0.3, -0.25) is 19.4 Å². The first-order valence-electron chi connectivity index (χ1n) is 9.35. The molecule has 2 aromatic rings. The van der Waals surface area contributed by atoms with Crippen LogP contribution in [0, 0.1) is 0 Å². The second-order valence-electron chi connectivity index (χ2n) is 6.91. The van der Waals surface area contributed by atoms with Crippen LogP contribution in [-0.2, 0) is 36.2 Å². The molecule has 0 spiro atoms. The summed E-state index contributed by atoms with van der Waals surface area (Å²) in [7, 11) is -7.94. The number of aliphatic carboxylic acids is 1. The van der Waals surface area contributed by atoms with Gasteiger partial charge in [-0.05, 0) is 30.3 Å². The van der Waals surface area contributed by atoms with Crippen LogP contribution >= 0.6 is 0 Å². The van der Waals surface area contributed by atoms with Crippen molar-refractivity contribution in [2.75, 3.05) is 6.26 Å². The number of aromatic nitrogens is 1. The van der Waals surface area contributed by atoms with Crippen LogP contribution in [0.25, 0.3) is 0 Å². The predicted molar refractivity (Wildman–Crippen MR) is 117 cm³/mol. The summed E-state index contributed by atoms with van der Waals surface area (Å²) in [6.45, 7) is -0.278. The van der Waals surface area contributed by atoms with Crippen molar-refractivity contribution in [1.82, 2.24) is 19.7 Å². The van der Waals surface area contributed by atoms with E-state index in [1.54, 1.807) is 4.72 Å². The maximum Gasteiger partial charge on any atom is 0.305 e. The van der Waals surface area contributed by atoms with Crippen LogP contribution in [0.2, 0.25) is 0 Å². The highest BCUT2D eigenvalue weighted by molar-refractivity contribution is 7.89. The van der Waals surface area contributed by atoms with Crippen LogP contribution in [0.4, 0.5) is 0 Å². The van der Waals surface area contributed by atoms with E-state index in [0.717, 1.165) is 18.5 Å². The maximum absolute atomic E-state index is 12.5. The third kappa shape index (κ3) is 8.02. The molecule has 2 rings (SSSR count). The molecule has 182 valence electrons. The Kier molecular flexibility index (Phi) is 8.56. The number of amides is 2. The molecule has 34 heavy (non-hydrogen) atoms. The standard InChI is InChI=1S/C19H20N4O9S2/c1-33(29,30)23-19(28)12-3-2-4-16(7-12)34(31,32)21-10-14-6-5-13(9-20-14)18(27)22-15(11-24)8-17(25)26/h2-7,9,11,15,21H,8,10H2,1H3,(H,22,27)(H,23,28)(H,25,26)/t15-/m0/s1. The lowest BCUT2D eigenvalue weighted by Gasteiger charge is -2.11. The fourth-order valence-corrected chi connectivity index (χ4v) is 4.02. The Balaban J connectivity index is 2.05. The number of aldehydes is 1. The van der Waals surface area contributed by atoms with Crippen molar-refractivity contribution < 1.29 is 41.1 Å². The fraction of sp³-hybridized carbons (Fsp3) is 0.211. The second kappa shape index (κ2) is 11.0. The molecule has 1 aromatic carbocycles. The molecule has 1 heterocycles. The number of benzene rings is 1. The van der Waals surface area contributed by atoms with Gasteiger partial charge in [-0.1, -0.05) is 6.07 Å². The maximum atomic E-state index is 12.5. The van der Waals surface area contributed by atoms with E-state index in [4.69, 9.17) is 5.11 Å². The van der Waals surface area contributed by atoms with E-state index >= 15 is 0 Å². The number of carbonyl (C=O) groups is 4. The Morgan fingerprint density at radius 1 is 1.06 bits per heavy atom. The van der Waals surface area contributed by atoms with Gasteiger partial charge in [-0.15, -0.1) is 0 Å². The molecule has 1 aromatic heterocycles. The lowest BCUT2D eigenvalue weighted by molar-refractivity contribution is -0.138. The fourth-order valence-electron chi connectivity index (χ4n) is 2.52. The van der Waals surface area contributed by atoms with Gasteiger partial charge >= 0.3 is 5.97 Å². The number of pyridine rings is 1. The Morgan fingerprint density at radius 3 is 2.32 bits per heavy atom. The van der Waals surface area contributed by atoms with E-state index in [2.05, 4.69) is 15.0 Å². The van der Waals surface area contributed by atoms with Gasteiger partial charge < -0.3 is 15.2 Å². The zero-order valence-electron chi connectivity index (χ0n) is 17.6. The molecule has 0 saturated heterocycles. The van der Waals surface area contributed by atoms with Gasteiger partial charge in [0.05, 0.1) is 41.4 Å². The Hall–Kier alpha value is -3.69. The summed E-state index contributed by atoms with van der Waals surface area (Å²) in [5.41, 5.74) is 0.0651. The van der Waals surface area contributed by atoms with Crippen molar-refractivity contribution in [2.24, 2.45) is 0 Å². The van der Waals surface area contributed by atoms with Crippen LogP contribution in [0.15, 0.2) is 47.5 Å². The van der Waals surface area contributed by atoms with Crippen LogP contribution < -0.4 is 14.8 Å². The van der Waals surface area contributed by atoms with Crippen molar-refractivity contribution in [3.05, 3.63) is 59.4 Å². The monoisotopic (exact) mass is 512 g/mol. The number of carboxylic acids is 1. The van der Waals surface area contributed by atoms with Gasteiger partial charge in [-0.2, -0.15) is 0 Å². The number of carboxylic acid groups (broad SMARTS) is 1. The van der Waals surface area contributed by atoms with Crippen LogP contribution in [-0.4, -0.2) is 63.3 Å². The number of rotatable bonds is 11. The summed E-state index contributed by atoms with van der Waals surface area (Å²) < 4.78 is 51.5. The van der Waals surface area contributed by atoms with Crippen LogP contribution in [0.1, 0.15) is 32.8 Å². The van der Waals surface area contributed by atoms with E-state index < -0.39 is 50.3 Å². The van der Waals surface area contributed by atoms with Crippen molar-refractivity contribution in [1.29, 1.82) is 0 Å². The lowest BCUT2D eigenvalue weighted by Crippen LogP contribution is -2.37. The van der Waals surface area contributed by atoms with E-state index in [9.17, 15) is 36.0 Å². The molecule has 0 saturated carbocycles. The van der Waals surface area contributed by atoms with Crippen LogP contribution in [0.5, 0.6) is 0 Å². The summed E-state index contributed by atoms with van der Waals surface area (Å²) in [4.78, 5) is 49.3. The zero-order chi connectivity index (χ0) is 25.5. The Bertz CT molecular complexity index is 1310. The molecule has 13 nitrogen and oxygen atoms in total. The Labute approximate surface area is 194 Å². The average Bonchev–Trinajstić information content (AvgIpc) is 2.76. The molecule has 1 atom stereocenters. The van der Waals surface area contributed by atoms with Crippen molar-refractivity contribution >= 4 is 44.1 Å². The minimum absolute atomic E-state index is 0.0217. The molecule has 4 N–H and O–H groups in total. The molecule has 0 fully saturated rings. The number of nitrogens with one attached hydrogen (secondary N) is 3. The highest BCUT2D eigenvalue weighted by atomic mass is 32.2. The van der Waals surface area contributed by atoms with Crippen molar-refractivity contribution in [2.45, 2.75) is 23.9 Å². The molecule has 0 aliphatic rings. The van der Waals surface area contributed by atoms with E-state index in [1.807, 2.05) is 0 Å². The third-order valence-electron chi connectivity index (χ3n) is 4.09. The van der Waals surface area contributed by atoms with Crippen molar-refractivity contribution in [3.8, 4) is 0 Å². The molecule has 15 heteroatoms. The third-order valence-corrected chi connectivity index (χ3v) is 6.05. The van der Waals surface area contributed by atoms with Gasteiger partial charge in [0.15, 0.2) is 0 Å². The first kappa shape index (κ1) is 26.6. The topological polar surface area (TPSA) is 206 Å². The number of hydrogen-bond donors (Lipinski definition) is 4. The minimum atomic E-state index is -4.11. The average molecular weight is 513 g/mol. The molecule has 0 unspecified atom stereocenters. The predicted octanol–water partition coefficient (Wildman–Crippen LogP) is -0.978. The lowest BCUT2D eigenvalue weighted by atomic mass is 10.2. The van der Waals surface area contributed by atoms with Gasteiger partial charge in [0.2, 0.25) is 20.0 Å². The quantitative estimate of drug-likeness (QED) is 0.271. The molecular formula is C19H20N4O9S2. The van der Waals surface area contributed by atoms with Gasteiger partial charge in [-0.25, -0.2) is 26.3 Å². The number of carbonyl (C=O) groups excluding carboxylic acids is 3. The highest BCUT2D eigenvalue weighted by Crippen LogP contribution is 2.13. The highest BCUT2D eigenvalue weighted by Gasteiger charge is 2.19. The minimum Gasteiger partial charge on any atom is -0.481 e. The second-order valence-corrected chi connectivity index (χ2v) is 10.4. The number of hydrogen-bond acceptors (Lipinski definition) is 9. The molecule has 0 aliphatic heterocycles. The van der Waals surface area contributed by atoms with Gasteiger partial charge in [0, 0.05) is 11.8 Å². The largest absolute Gasteiger partial charge is 0.481 e. The van der Waals surface area contributed by atoms with Gasteiger partial charge in [0.1, 0.15) is 6.29 Å². The van der Waals surface area contributed by atoms with Crippen LogP contribution in [0.3, 0.4) is 0 Å². The summed E-state index contributed by atoms with van der Waals surface area (Å²) in [6, 6.07) is 6.17. The number of sulfonamides is 2. The van der Waals surface area contributed by atoms with Crippen molar-refractivity contribution in [3.63, 3.8) is 0 Å². The SMILES string of the molecule is CS(=O)(=O)NC(=O)c1cccc(S(=O)(=O)NCc2ccc(C(=O)N[C@H](C=O)CC(=O)O)cn2)c1.